The van der Waals surface area contributed by atoms with Gasteiger partial charge in [0.15, 0.2) is 0 Å². The molecule has 17 heavy (non-hydrogen) atoms. The topological polar surface area (TPSA) is 50.4 Å². The Morgan fingerprint density at radius 2 is 2.06 bits per heavy atom. The summed E-state index contributed by atoms with van der Waals surface area (Å²) in [5.41, 5.74) is 2.27. The number of carbonyl (C=O) groups is 1. The highest BCUT2D eigenvalue weighted by molar-refractivity contribution is 5.76. The number of aryl methyl sites for hydroxylation is 1. The number of anilines is 1. The molecular formula is C13H20N2O2. The summed E-state index contributed by atoms with van der Waals surface area (Å²) in [7, 11) is 1.62. The summed E-state index contributed by atoms with van der Waals surface area (Å²) in [6.45, 7) is 3.81. The van der Waals surface area contributed by atoms with E-state index in [-0.39, 0.29) is 5.91 Å². The Labute approximate surface area is 102 Å². The first-order valence-corrected chi connectivity index (χ1v) is 5.79. The maximum absolute atomic E-state index is 11.4. The van der Waals surface area contributed by atoms with Gasteiger partial charge in [-0.3, -0.25) is 4.79 Å². The van der Waals surface area contributed by atoms with Crippen molar-refractivity contribution in [2.45, 2.75) is 13.3 Å². The third-order valence-corrected chi connectivity index (χ3v) is 2.44. The number of nitrogens with one attached hydrogen (secondary N) is 2. The Bertz CT molecular complexity index is 353. The van der Waals surface area contributed by atoms with E-state index in [2.05, 4.69) is 10.6 Å². The molecule has 0 saturated heterocycles. The van der Waals surface area contributed by atoms with Crippen LogP contribution in [0.2, 0.25) is 0 Å². The van der Waals surface area contributed by atoms with Crippen molar-refractivity contribution in [3.8, 4) is 0 Å². The standard InChI is InChI=1S/C13H20N2O2/c1-11-5-3-4-6-12(11)14-8-7-13(16)15-9-10-17-2/h3-6,14H,7-10H2,1-2H3,(H,15,16). The Kier molecular flexibility index (Phi) is 6.10. The molecule has 0 bridgehead atoms. The van der Waals surface area contributed by atoms with E-state index in [9.17, 15) is 4.79 Å². The molecule has 0 spiro atoms. The third kappa shape index (κ3) is 5.36. The molecule has 0 unspecified atom stereocenters. The first-order valence-electron chi connectivity index (χ1n) is 5.79. The van der Waals surface area contributed by atoms with E-state index < -0.39 is 0 Å². The zero-order chi connectivity index (χ0) is 12.5. The molecule has 1 rings (SSSR count). The van der Waals surface area contributed by atoms with Crippen molar-refractivity contribution >= 4 is 11.6 Å². The van der Waals surface area contributed by atoms with E-state index in [1.54, 1.807) is 7.11 Å². The Morgan fingerprint density at radius 1 is 1.29 bits per heavy atom. The molecule has 0 aromatic heterocycles. The molecule has 4 heteroatoms. The number of para-hydroxylation sites is 1. The molecule has 0 saturated carbocycles. The number of hydrogen-bond donors (Lipinski definition) is 2. The molecule has 1 aromatic rings. The number of methoxy groups -OCH3 is 1. The maximum atomic E-state index is 11.4. The predicted octanol–water partition coefficient (Wildman–Crippen LogP) is 1.56. The fraction of sp³-hybridized carbons (Fsp3) is 0.462. The summed E-state index contributed by atoms with van der Waals surface area (Å²) in [5, 5.41) is 6.02. The van der Waals surface area contributed by atoms with Crippen molar-refractivity contribution in [3.63, 3.8) is 0 Å². The highest BCUT2D eigenvalue weighted by atomic mass is 16.5. The van der Waals surface area contributed by atoms with Crippen LogP contribution < -0.4 is 10.6 Å². The average molecular weight is 236 g/mol. The lowest BCUT2D eigenvalue weighted by molar-refractivity contribution is -0.121. The van der Waals surface area contributed by atoms with Crippen molar-refractivity contribution in [2.75, 3.05) is 32.1 Å². The minimum absolute atomic E-state index is 0.0446. The summed E-state index contributed by atoms with van der Waals surface area (Å²) in [5.74, 6) is 0.0446. The van der Waals surface area contributed by atoms with Gasteiger partial charge in [0.2, 0.25) is 5.91 Å². The second-order valence-corrected chi connectivity index (χ2v) is 3.83. The predicted molar refractivity (Wildman–Crippen MR) is 69.2 cm³/mol. The summed E-state index contributed by atoms with van der Waals surface area (Å²) in [6, 6.07) is 8.03. The SMILES string of the molecule is COCCNC(=O)CCNc1ccccc1C. The maximum Gasteiger partial charge on any atom is 0.221 e. The van der Waals surface area contributed by atoms with E-state index in [1.165, 1.54) is 5.56 Å². The number of carbonyl (C=O) groups excluding carboxylic acids is 1. The van der Waals surface area contributed by atoms with Crippen molar-refractivity contribution in [1.29, 1.82) is 0 Å². The highest BCUT2D eigenvalue weighted by Crippen LogP contribution is 2.12. The van der Waals surface area contributed by atoms with Crippen LogP contribution in [0.25, 0.3) is 0 Å². The number of amides is 1. The summed E-state index contributed by atoms with van der Waals surface area (Å²) >= 11 is 0. The fourth-order valence-corrected chi connectivity index (χ4v) is 1.46. The van der Waals surface area contributed by atoms with E-state index in [4.69, 9.17) is 4.74 Å². The second-order valence-electron chi connectivity index (χ2n) is 3.83. The van der Waals surface area contributed by atoms with E-state index in [1.807, 2.05) is 31.2 Å². The smallest absolute Gasteiger partial charge is 0.221 e. The van der Waals surface area contributed by atoms with E-state index in [0.29, 0.717) is 26.1 Å². The van der Waals surface area contributed by atoms with E-state index >= 15 is 0 Å². The van der Waals surface area contributed by atoms with Crippen molar-refractivity contribution < 1.29 is 9.53 Å². The van der Waals surface area contributed by atoms with Gasteiger partial charge in [0, 0.05) is 32.3 Å². The van der Waals surface area contributed by atoms with Gasteiger partial charge in [-0.15, -0.1) is 0 Å². The molecule has 94 valence electrons. The van der Waals surface area contributed by atoms with Gasteiger partial charge in [0.05, 0.1) is 6.61 Å². The first kappa shape index (κ1) is 13.5. The van der Waals surface area contributed by atoms with Gasteiger partial charge in [0.1, 0.15) is 0 Å². The van der Waals surface area contributed by atoms with Crippen LogP contribution in [0.1, 0.15) is 12.0 Å². The molecule has 0 fully saturated rings. The Hall–Kier alpha value is -1.55. The van der Waals surface area contributed by atoms with Crippen LogP contribution in [0.5, 0.6) is 0 Å². The Balaban J connectivity index is 2.19. The quantitative estimate of drug-likeness (QED) is 0.706. The van der Waals surface area contributed by atoms with Gasteiger partial charge in [0.25, 0.3) is 0 Å². The number of rotatable bonds is 7. The zero-order valence-corrected chi connectivity index (χ0v) is 10.5. The molecule has 0 aliphatic carbocycles. The van der Waals surface area contributed by atoms with E-state index in [0.717, 1.165) is 5.69 Å². The minimum Gasteiger partial charge on any atom is -0.384 e. The largest absolute Gasteiger partial charge is 0.384 e. The average Bonchev–Trinajstić information content (AvgIpc) is 2.32. The van der Waals surface area contributed by atoms with Gasteiger partial charge in [-0.1, -0.05) is 18.2 Å². The molecule has 1 aromatic carbocycles. The lowest BCUT2D eigenvalue weighted by Crippen LogP contribution is -2.28. The van der Waals surface area contributed by atoms with Crippen molar-refractivity contribution in [3.05, 3.63) is 29.8 Å². The van der Waals surface area contributed by atoms with Crippen molar-refractivity contribution in [1.82, 2.24) is 5.32 Å². The number of hydrogen-bond acceptors (Lipinski definition) is 3. The minimum atomic E-state index is 0.0446. The number of ether oxygens (including phenoxy) is 1. The van der Waals surface area contributed by atoms with Gasteiger partial charge in [-0.25, -0.2) is 0 Å². The molecule has 4 nitrogen and oxygen atoms in total. The van der Waals surface area contributed by atoms with Crippen LogP contribution in [0, 0.1) is 6.92 Å². The fourth-order valence-electron chi connectivity index (χ4n) is 1.46. The summed E-state index contributed by atoms with van der Waals surface area (Å²) < 4.78 is 4.85. The van der Waals surface area contributed by atoms with Gasteiger partial charge in [-0.05, 0) is 18.6 Å². The van der Waals surface area contributed by atoms with Crippen LogP contribution in [0.4, 0.5) is 5.69 Å². The second kappa shape index (κ2) is 7.68. The van der Waals surface area contributed by atoms with Crippen LogP contribution in [0.3, 0.4) is 0 Å². The molecule has 1 amide bonds. The molecule has 0 heterocycles. The molecule has 0 aliphatic rings. The summed E-state index contributed by atoms with van der Waals surface area (Å²) in [4.78, 5) is 11.4. The van der Waals surface area contributed by atoms with Crippen LogP contribution in [-0.4, -0.2) is 32.7 Å². The molecular weight excluding hydrogens is 216 g/mol. The molecule has 0 atom stereocenters. The molecule has 0 radical (unpaired) electrons. The first-order chi connectivity index (χ1) is 8.24. The van der Waals surface area contributed by atoms with Gasteiger partial charge < -0.3 is 15.4 Å². The lowest BCUT2D eigenvalue weighted by atomic mass is 10.2. The zero-order valence-electron chi connectivity index (χ0n) is 10.5. The van der Waals surface area contributed by atoms with Crippen LogP contribution >= 0.6 is 0 Å². The Morgan fingerprint density at radius 3 is 2.76 bits per heavy atom. The monoisotopic (exact) mass is 236 g/mol. The van der Waals surface area contributed by atoms with Crippen molar-refractivity contribution in [2.24, 2.45) is 0 Å². The van der Waals surface area contributed by atoms with Gasteiger partial charge in [-0.2, -0.15) is 0 Å². The summed E-state index contributed by atoms with van der Waals surface area (Å²) in [6.07, 6.45) is 0.470. The lowest BCUT2D eigenvalue weighted by Gasteiger charge is -2.09. The van der Waals surface area contributed by atoms with Gasteiger partial charge >= 0.3 is 0 Å². The van der Waals surface area contributed by atoms with Crippen LogP contribution in [0.15, 0.2) is 24.3 Å². The molecule has 2 N–H and O–H groups in total. The van der Waals surface area contributed by atoms with Crippen LogP contribution in [-0.2, 0) is 9.53 Å². The number of benzene rings is 1. The molecule has 0 aliphatic heterocycles. The normalized spacial score (nSPS) is 10.0. The third-order valence-electron chi connectivity index (χ3n) is 2.44. The highest BCUT2D eigenvalue weighted by Gasteiger charge is 2.00.